The average molecular weight is 208 g/mol. The fourth-order valence-corrected chi connectivity index (χ4v) is 4.14. The zero-order chi connectivity index (χ0) is 10.4. The fourth-order valence-electron chi connectivity index (χ4n) is 4.14. The van der Waals surface area contributed by atoms with Gasteiger partial charge in [0.05, 0.1) is 0 Å². The molecule has 0 aromatic heterocycles. The lowest BCUT2D eigenvalue weighted by atomic mass is 9.85. The van der Waals surface area contributed by atoms with E-state index < -0.39 is 0 Å². The average Bonchev–Trinajstić information content (AvgIpc) is 2.83. The highest BCUT2D eigenvalue weighted by Crippen LogP contribution is 2.41. The van der Waals surface area contributed by atoms with Crippen LogP contribution in [0.25, 0.3) is 0 Å². The number of piperazine rings is 1. The van der Waals surface area contributed by atoms with Crippen LogP contribution in [0, 0.1) is 0 Å². The van der Waals surface area contributed by atoms with Crippen LogP contribution in [0.4, 0.5) is 0 Å². The summed E-state index contributed by atoms with van der Waals surface area (Å²) in [5.41, 5.74) is 1.04. The van der Waals surface area contributed by atoms with Gasteiger partial charge >= 0.3 is 0 Å². The monoisotopic (exact) mass is 208 g/mol. The Bertz CT molecular complexity index is 237. The summed E-state index contributed by atoms with van der Waals surface area (Å²) in [6.45, 7) is 2.55. The van der Waals surface area contributed by atoms with E-state index in [4.69, 9.17) is 0 Å². The van der Waals surface area contributed by atoms with Gasteiger partial charge in [-0.05, 0) is 32.7 Å². The molecule has 1 saturated heterocycles. The Hall–Kier alpha value is -0.0800. The molecule has 86 valence electrons. The van der Waals surface area contributed by atoms with E-state index in [1.165, 1.54) is 64.5 Å². The molecule has 2 spiro atoms. The number of hydrogen-bond donors (Lipinski definition) is 1. The SMILES string of the molecule is CN1CC2(CCCC2)NCC12CCCC2. The normalized spacial score (nSPS) is 34.2. The Balaban J connectivity index is 1.74. The second-order valence-electron chi connectivity index (χ2n) is 6.13. The summed E-state index contributed by atoms with van der Waals surface area (Å²) in [5, 5.41) is 3.92. The van der Waals surface area contributed by atoms with Crippen LogP contribution >= 0.6 is 0 Å². The molecule has 2 nitrogen and oxygen atoms in total. The minimum Gasteiger partial charge on any atom is -0.308 e. The van der Waals surface area contributed by atoms with E-state index in [-0.39, 0.29) is 0 Å². The predicted molar refractivity (Wildman–Crippen MR) is 63.0 cm³/mol. The van der Waals surface area contributed by atoms with Gasteiger partial charge in [0.15, 0.2) is 0 Å². The van der Waals surface area contributed by atoms with Crippen LogP contribution in [0.2, 0.25) is 0 Å². The topological polar surface area (TPSA) is 15.3 Å². The van der Waals surface area contributed by atoms with Crippen molar-refractivity contribution < 1.29 is 0 Å². The Morgan fingerprint density at radius 3 is 2.13 bits per heavy atom. The zero-order valence-corrected chi connectivity index (χ0v) is 10.0. The molecule has 0 aromatic rings. The van der Waals surface area contributed by atoms with Gasteiger partial charge in [-0.1, -0.05) is 25.7 Å². The number of likely N-dealkylation sites (N-methyl/N-ethyl adjacent to an activating group) is 1. The maximum Gasteiger partial charge on any atom is 0.0331 e. The molecule has 3 rings (SSSR count). The van der Waals surface area contributed by atoms with Crippen LogP contribution in [0.5, 0.6) is 0 Å². The Morgan fingerprint density at radius 2 is 1.53 bits per heavy atom. The van der Waals surface area contributed by atoms with Crippen LogP contribution in [0.3, 0.4) is 0 Å². The van der Waals surface area contributed by atoms with Gasteiger partial charge in [0.25, 0.3) is 0 Å². The summed E-state index contributed by atoms with van der Waals surface area (Å²) in [5.74, 6) is 0. The summed E-state index contributed by atoms with van der Waals surface area (Å²) in [6, 6.07) is 0. The molecule has 0 bridgehead atoms. The standard InChI is InChI=1S/C13H24N2/c1-15-11-12(6-2-3-7-12)14-10-13(15)8-4-5-9-13/h14H,2-11H2,1H3. The molecule has 1 heterocycles. The van der Waals surface area contributed by atoms with Crippen molar-refractivity contribution in [3.8, 4) is 0 Å². The lowest BCUT2D eigenvalue weighted by Crippen LogP contribution is -2.67. The quantitative estimate of drug-likeness (QED) is 0.656. The number of rotatable bonds is 0. The van der Waals surface area contributed by atoms with E-state index in [1.54, 1.807) is 0 Å². The van der Waals surface area contributed by atoms with Crippen molar-refractivity contribution in [3.63, 3.8) is 0 Å². The van der Waals surface area contributed by atoms with E-state index in [0.29, 0.717) is 11.1 Å². The second kappa shape index (κ2) is 3.46. The van der Waals surface area contributed by atoms with Crippen LogP contribution in [-0.4, -0.2) is 36.1 Å². The third-order valence-corrected chi connectivity index (χ3v) is 5.24. The van der Waals surface area contributed by atoms with Crippen molar-refractivity contribution >= 4 is 0 Å². The van der Waals surface area contributed by atoms with Gasteiger partial charge in [0, 0.05) is 24.2 Å². The molecule has 0 aromatic carbocycles. The third-order valence-electron chi connectivity index (χ3n) is 5.24. The Labute approximate surface area is 93.4 Å². The molecule has 15 heavy (non-hydrogen) atoms. The lowest BCUT2D eigenvalue weighted by Gasteiger charge is -2.51. The number of hydrogen-bond acceptors (Lipinski definition) is 2. The Kier molecular flexibility index (Phi) is 2.33. The lowest BCUT2D eigenvalue weighted by molar-refractivity contribution is 0.0313. The van der Waals surface area contributed by atoms with E-state index in [1.807, 2.05) is 0 Å². The molecule has 0 amide bonds. The van der Waals surface area contributed by atoms with Crippen molar-refractivity contribution in [2.75, 3.05) is 20.1 Å². The molecule has 2 aliphatic carbocycles. The van der Waals surface area contributed by atoms with E-state index >= 15 is 0 Å². The number of nitrogens with zero attached hydrogens (tertiary/aromatic N) is 1. The molecule has 0 atom stereocenters. The summed E-state index contributed by atoms with van der Waals surface area (Å²) in [4.78, 5) is 2.70. The maximum absolute atomic E-state index is 3.92. The molecule has 1 N–H and O–H groups in total. The predicted octanol–water partition coefficient (Wildman–Crippen LogP) is 2.15. The van der Waals surface area contributed by atoms with Gasteiger partial charge in [0.1, 0.15) is 0 Å². The first kappa shape index (κ1) is 10.1. The Morgan fingerprint density at radius 1 is 0.933 bits per heavy atom. The van der Waals surface area contributed by atoms with Gasteiger partial charge in [-0.15, -0.1) is 0 Å². The molecule has 3 aliphatic rings. The van der Waals surface area contributed by atoms with Gasteiger partial charge < -0.3 is 5.32 Å². The summed E-state index contributed by atoms with van der Waals surface area (Å²) in [7, 11) is 2.37. The molecule has 2 saturated carbocycles. The second-order valence-corrected chi connectivity index (χ2v) is 6.13. The molecule has 3 fully saturated rings. The molecule has 0 unspecified atom stereocenters. The first-order chi connectivity index (χ1) is 7.25. The van der Waals surface area contributed by atoms with Crippen LogP contribution in [0.1, 0.15) is 51.4 Å². The summed E-state index contributed by atoms with van der Waals surface area (Å²) < 4.78 is 0. The van der Waals surface area contributed by atoms with Crippen LogP contribution in [-0.2, 0) is 0 Å². The van der Waals surface area contributed by atoms with Crippen molar-refractivity contribution in [1.82, 2.24) is 10.2 Å². The molecule has 1 aliphatic heterocycles. The minimum absolute atomic E-state index is 0.503. The largest absolute Gasteiger partial charge is 0.308 e. The molecular formula is C13H24N2. The van der Waals surface area contributed by atoms with Gasteiger partial charge in [-0.25, -0.2) is 0 Å². The maximum atomic E-state index is 3.92. The van der Waals surface area contributed by atoms with Crippen molar-refractivity contribution in [3.05, 3.63) is 0 Å². The molecule has 2 heteroatoms. The third kappa shape index (κ3) is 1.53. The van der Waals surface area contributed by atoms with Gasteiger partial charge in [0.2, 0.25) is 0 Å². The van der Waals surface area contributed by atoms with Crippen molar-refractivity contribution in [2.24, 2.45) is 0 Å². The van der Waals surface area contributed by atoms with E-state index in [0.717, 1.165) is 0 Å². The van der Waals surface area contributed by atoms with E-state index in [9.17, 15) is 0 Å². The minimum atomic E-state index is 0.503. The summed E-state index contributed by atoms with van der Waals surface area (Å²) in [6.07, 6.45) is 11.4. The smallest absolute Gasteiger partial charge is 0.0331 e. The highest BCUT2D eigenvalue weighted by atomic mass is 15.3. The van der Waals surface area contributed by atoms with Crippen LogP contribution in [0.15, 0.2) is 0 Å². The highest BCUT2D eigenvalue weighted by Gasteiger charge is 2.47. The van der Waals surface area contributed by atoms with Gasteiger partial charge in [-0.3, -0.25) is 4.90 Å². The van der Waals surface area contributed by atoms with Gasteiger partial charge in [-0.2, -0.15) is 0 Å². The zero-order valence-electron chi connectivity index (χ0n) is 10.0. The van der Waals surface area contributed by atoms with E-state index in [2.05, 4.69) is 17.3 Å². The first-order valence-corrected chi connectivity index (χ1v) is 6.71. The van der Waals surface area contributed by atoms with Crippen molar-refractivity contribution in [1.29, 1.82) is 0 Å². The van der Waals surface area contributed by atoms with Crippen LogP contribution < -0.4 is 5.32 Å². The highest BCUT2D eigenvalue weighted by molar-refractivity contribution is 5.07. The fraction of sp³-hybridized carbons (Fsp3) is 1.00. The first-order valence-electron chi connectivity index (χ1n) is 6.71. The molecular weight excluding hydrogens is 184 g/mol. The summed E-state index contributed by atoms with van der Waals surface area (Å²) >= 11 is 0. The molecule has 0 radical (unpaired) electrons. The number of nitrogens with one attached hydrogen (secondary N) is 1. The van der Waals surface area contributed by atoms with Crippen molar-refractivity contribution in [2.45, 2.75) is 62.4 Å².